The Labute approximate surface area is 103 Å². The third-order valence-electron chi connectivity index (χ3n) is 2.57. The average Bonchev–Trinajstić information content (AvgIpc) is 2.24. The largest absolute Gasteiger partial charge is 0.389 e. The van der Waals surface area contributed by atoms with Gasteiger partial charge in [-0.3, -0.25) is 0 Å². The second-order valence-electron chi connectivity index (χ2n) is 5.03. The Morgan fingerprint density at radius 3 is 2.65 bits per heavy atom. The van der Waals surface area contributed by atoms with Crippen LogP contribution in [0.15, 0.2) is 18.3 Å². The number of hydrogen-bond donors (Lipinski definition) is 2. The summed E-state index contributed by atoms with van der Waals surface area (Å²) in [7, 11) is 0. The van der Waals surface area contributed by atoms with Crippen LogP contribution in [0.3, 0.4) is 0 Å². The monoisotopic (exact) mass is 237 g/mol. The number of anilines is 1. The number of likely N-dealkylation sites (N-methyl/N-ethyl adjacent to an activating group) is 1. The predicted octanol–water partition coefficient (Wildman–Crippen LogP) is 1.70. The lowest BCUT2D eigenvalue weighted by Gasteiger charge is -2.30. The molecule has 0 saturated heterocycles. The lowest BCUT2D eigenvalue weighted by atomic mass is 10.1. The molecule has 0 saturated carbocycles. The average molecular weight is 237 g/mol. The van der Waals surface area contributed by atoms with Gasteiger partial charge >= 0.3 is 0 Å². The topological polar surface area (TPSA) is 62.4 Å². The van der Waals surface area contributed by atoms with Crippen molar-refractivity contribution in [1.82, 2.24) is 4.98 Å². The minimum atomic E-state index is -0.747. The third kappa shape index (κ3) is 3.98. The fraction of sp³-hybridized carbons (Fsp3) is 0.615. The van der Waals surface area contributed by atoms with Crippen molar-refractivity contribution < 1.29 is 5.11 Å². The highest BCUT2D eigenvalue weighted by Gasteiger charge is 2.21. The van der Waals surface area contributed by atoms with Crippen LogP contribution in [0.2, 0.25) is 0 Å². The van der Waals surface area contributed by atoms with E-state index >= 15 is 0 Å². The molecule has 1 rings (SSSR count). The highest BCUT2D eigenvalue weighted by molar-refractivity contribution is 5.48. The summed E-state index contributed by atoms with van der Waals surface area (Å²) in [5.41, 5.74) is 6.21. The van der Waals surface area contributed by atoms with Gasteiger partial charge in [0.2, 0.25) is 0 Å². The van der Waals surface area contributed by atoms with E-state index in [1.165, 1.54) is 0 Å². The molecular formula is C13H23N3O. The van der Waals surface area contributed by atoms with Crippen molar-refractivity contribution >= 4 is 5.82 Å². The Morgan fingerprint density at radius 1 is 1.53 bits per heavy atom. The van der Waals surface area contributed by atoms with Crippen molar-refractivity contribution in [3.8, 4) is 0 Å². The van der Waals surface area contributed by atoms with Crippen LogP contribution in [0.5, 0.6) is 0 Å². The summed E-state index contributed by atoms with van der Waals surface area (Å²) in [5, 5.41) is 9.91. The van der Waals surface area contributed by atoms with Gasteiger partial charge in [-0.25, -0.2) is 4.98 Å². The van der Waals surface area contributed by atoms with Crippen LogP contribution < -0.4 is 10.6 Å². The minimum absolute atomic E-state index is 0.0606. The predicted molar refractivity (Wildman–Crippen MR) is 71.0 cm³/mol. The van der Waals surface area contributed by atoms with E-state index in [4.69, 9.17) is 5.73 Å². The van der Waals surface area contributed by atoms with Crippen LogP contribution in [-0.2, 0) is 0 Å². The van der Waals surface area contributed by atoms with E-state index in [-0.39, 0.29) is 6.04 Å². The quantitative estimate of drug-likeness (QED) is 0.818. The van der Waals surface area contributed by atoms with Gasteiger partial charge in [0.05, 0.1) is 5.60 Å². The molecule has 0 aliphatic rings. The van der Waals surface area contributed by atoms with Gasteiger partial charge in [-0.15, -0.1) is 0 Å². The Bertz CT molecular complexity index is 358. The molecule has 0 aromatic carbocycles. The minimum Gasteiger partial charge on any atom is -0.389 e. The van der Waals surface area contributed by atoms with Gasteiger partial charge in [0.15, 0.2) is 0 Å². The van der Waals surface area contributed by atoms with E-state index in [1.807, 2.05) is 26.0 Å². The highest BCUT2D eigenvalue weighted by Crippen LogP contribution is 2.23. The van der Waals surface area contributed by atoms with Crippen molar-refractivity contribution in [2.75, 3.05) is 18.0 Å². The summed E-state index contributed by atoms with van der Waals surface area (Å²) < 4.78 is 0. The van der Waals surface area contributed by atoms with Crippen molar-refractivity contribution in [3.63, 3.8) is 0 Å². The Balaban J connectivity index is 3.03. The van der Waals surface area contributed by atoms with E-state index in [9.17, 15) is 5.11 Å². The molecule has 96 valence electrons. The first-order valence-electron chi connectivity index (χ1n) is 6.03. The summed E-state index contributed by atoms with van der Waals surface area (Å²) in [6.07, 6.45) is 1.76. The molecule has 1 aromatic heterocycles. The number of aliphatic hydroxyl groups is 1. The maximum absolute atomic E-state index is 9.91. The number of nitrogens with two attached hydrogens (primary N) is 1. The molecule has 1 atom stereocenters. The van der Waals surface area contributed by atoms with Crippen LogP contribution >= 0.6 is 0 Å². The fourth-order valence-corrected chi connectivity index (χ4v) is 1.83. The van der Waals surface area contributed by atoms with E-state index in [0.29, 0.717) is 6.54 Å². The SMILES string of the molecule is CCN(CC(C)(C)O)c1ncccc1[C@@H](C)N. The van der Waals surface area contributed by atoms with Crippen LogP contribution in [0, 0.1) is 0 Å². The molecule has 0 spiro atoms. The molecule has 0 amide bonds. The van der Waals surface area contributed by atoms with Gasteiger partial charge in [0, 0.05) is 30.9 Å². The molecule has 0 aliphatic carbocycles. The van der Waals surface area contributed by atoms with Crippen molar-refractivity contribution in [2.45, 2.75) is 39.3 Å². The van der Waals surface area contributed by atoms with Gasteiger partial charge in [0.1, 0.15) is 5.82 Å². The van der Waals surface area contributed by atoms with Crippen LogP contribution in [0.1, 0.15) is 39.3 Å². The van der Waals surface area contributed by atoms with Gasteiger partial charge in [0.25, 0.3) is 0 Å². The van der Waals surface area contributed by atoms with E-state index < -0.39 is 5.60 Å². The summed E-state index contributed by atoms with van der Waals surface area (Å²) in [6, 6.07) is 3.81. The third-order valence-corrected chi connectivity index (χ3v) is 2.57. The molecule has 3 N–H and O–H groups in total. The smallest absolute Gasteiger partial charge is 0.133 e. The molecule has 0 unspecified atom stereocenters. The van der Waals surface area contributed by atoms with Crippen LogP contribution in [-0.4, -0.2) is 28.8 Å². The first-order chi connectivity index (χ1) is 7.85. The number of pyridine rings is 1. The molecule has 0 bridgehead atoms. The lowest BCUT2D eigenvalue weighted by molar-refractivity contribution is 0.0873. The molecule has 4 nitrogen and oxygen atoms in total. The van der Waals surface area contributed by atoms with Crippen LogP contribution in [0.4, 0.5) is 5.82 Å². The summed E-state index contributed by atoms with van der Waals surface area (Å²) in [4.78, 5) is 6.44. The summed E-state index contributed by atoms with van der Waals surface area (Å²) in [6.45, 7) is 8.92. The maximum Gasteiger partial charge on any atom is 0.133 e. The number of rotatable bonds is 5. The van der Waals surface area contributed by atoms with E-state index in [1.54, 1.807) is 20.0 Å². The molecule has 1 heterocycles. The molecular weight excluding hydrogens is 214 g/mol. The summed E-state index contributed by atoms with van der Waals surface area (Å²) >= 11 is 0. The van der Waals surface area contributed by atoms with Gasteiger partial charge in [-0.05, 0) is 33.8 Å². The lowest BCUT2D eigenvalue weighted by Crippen LogP contribution is -2.39. The zero-order chi connectivity index (χ0) is 13.1. The standard InChI is InChI=1S/C13H23N3O/c1-5-16(9-13(3,4)17)12-11(10(2)14)7-6-8-15-12/h6-8,10,17H,5,9,14H2,1-4H3/t10-/m1/s1. The zero-order valence-electron chi connectivity index (χ0n) is 11.1. The highest BCUT2D eigenvalue weighted by atomic mass is 16.3. The maximum atomic E-state index is 9.91. The molecule has 17 heavy (non-hydrogen) atoms. The van der Waals surface area contributed by atoms with Gasteiger partial charge in [-0.1, -0.05) is 6.07 Å². The second-order valence-corrected chi connectivity index (χ2v) is 5.03. The fourth-order valence-electron chi connectivity index (χ4n) is 1.83. The van der Waals surface area contributed by atoms with Crippen LogP contribution in [0.25, 0.3) is 0 Å². The summed E-state index contributed by atoms with van der Waals surface area (Å²) in [5.74, 6) is 0.868. The van der Waals surface area contributed by atoms with E-state index in [0.717, 1.165) is 17.9 Å². The molecule has 1 aromatic rings. The van der Waals surface area contributed by atoms with Crippen molar-refractivity contribution in [3.05, 3.63) is 23.9 Å². The number of aromatic nitrogens is 1. The number of hydrogen-bond acceptors (Lipinski definition) is 4. The first-order valence-corrected chi connectivity index (χ1v) is 6.03. The number of nitrogens with zero attached hydrogens (tertiary/aromatic N) is 2. The molecule has 4 heteroatoms. The Hall–Kier alpha value is -1.13. The molecule has 0 fully saturated rings. The van der Waals surface area contributed by atoms with Crippen molar-refractivity contribution in [2.24, 2.45) is 5.73 Å². The molecule has 0 aliphatic heterocycles. The Morgan fingerprint density at radius 2 is 2.18 bits per heavy atom. The van der Waals surface area contributed by atoms with E-state index in [2.05, 4.69) is 9.88 Å². The Kier molecular flexibility index (Phi) is 4.48. The van der Waals surface area contributed by atoms with Gasteiger partial charge in [-0.2, -0.15) is 0 Å². The van der Waals surface area contributed by atoms with Gasteiger partial charge < -0.3 is 15.7 Å². The zero-order valence-corrected chi connectivity index (χ0v) is 11.1. The normalized spacial score (nSPS) is 13.5. The van der Waals surface area contributed by atoms with Crippen molar-refractivity contribution in [1.29, 1.82) is 0 Å². The second kappa shape index (κ2) is 5.47. The first kappa shape index (κ1) is 13.9. The molecule has 0 radical (unpaired) electrons.